The van der Waals surface area contributed by atoms with Gasteiger partial charge in [0.05, 0.1) is 28.0 Å². The summed E-state index contributed by atoms with van der Waals surface area (Å²) >= 11 is 6.08. The van der Waals surface area contributed by atoms with E-state index >= 15 is 0 Å². The van der Waals surface area contributed by atoms with E-state index in [0.29, 0.717) is 16.1 Å². The van der Waals surface area contributed by atoms with Gasteiger partial charge in [-0.2, -0.15) is 5.26 Å². The Morgan fingerprint density at radius 2 is 2.10 bits per heavy atom. The van der Waals surface area contributed by atoms with Crippen LogP contribution in [0.15, 0.2) is 30.3 Å². The lowest BCUT2D eigenvalue weighted by atomic mass is 10.1. The SMILES string of the molecule is Cc1cc(C#N)cc2c1NC(c1c(F)cccc1Cl)N2. The number of anilines is 2. The number of hydrogen-bond donors (Lipinski definition) is 2. The fourth-order valence-electron chi connectivity index (χ4n) is 2.42. The van der Waals surface area contributed by atoms with Crippen molar-refractivity contribution in [1.29, 1.82) is 5.26 Å². The van der Waals surface area contributed by atoms with Crippen molar-refractivity contribution in [2.75, 3.05) is 10.6 Å². The average molecular weight is 288 g/mol. The Kier molecular flexibility index (Phi) is 3.00. The molecule has 20 heavy (non-hydrogen) atoms. The van der Waals surface area contributed by atoms with E-state index < -0.39 is 6.17 Å². The van der Waals surface area contributed by atoms with Crippen molar-refractivity contribution in [3.05, 3.63) is 57.9 Å². The molecule has 2 aromatic rings. The molecule has 3 nitrogen and oxygen atoms in total. The maximum absolute atomic E-state index is 14.0. The van der Waals surface area contributed by atoms with Gasteiger partial charge in [0.25, 0.3) is 0 Å². The number of fused-ring (bicyclic) bond motifs is 1. The quantitative estimate of drug-likeness (QED) is 0.826. The van der Waals surface area contributed by atoms with Gasteiger partial charge in [0.15, 0.2) is 0 Å². The second kappa shape index (κ2) is 4.69. The van der Waals surface area contributed by atoms with E-state index in [1.165, 1.54) is 6.07 Å². The van der Waals surface area contributed by atoms with E-state index in [-0.39, 0.29) is 5.82 Å². The summed E-state index contributed by atoms with van der Waals surface area (Å²) in [5.74, 6) is -0.367. The minimum Gasteiger partial charge on any atom is -0.360 e. The average Bonchev–Trinajstić information content (AvgIpc) is 2.82. The minimum atomic E-state index is -0.439. The third kappa shape index (κ3) is 1.97. The summed E-state index contributed by atoms with van der Waals surface area (Å²) in [5, 5.41) is 15.7. The molecule has 2 N–H and O–H groups in total. The number of nitrogens with one attached hydrogen (secondary N) is 2. The van der Waals surface area contributed by atoms with Crippen molar-refractivity contribution in [1.82, 2.24) is 0 Å². The van der Waals surface area contributed by atoms with Gasteiger partial charge in [-0.25, -0.2) is 4.39 Å². The second-order valence-corrected chi connectivity index (χ2v) is 5.09. The molecule has 1 aliphatic heterocycles. The molecular weight excluding hydrogens is 277 g/mol. The van der Waals surface area contributed by atoms with Crippen LogP contribution in [0.2, 0.25) is 5.02 Å². The molecule has 1 unspecified atom stereocenters. The van der Waals surface area contributed by atoms with Gasteiger partial charge in [-0.1, -0.05) is 17.7 Å². The van der Waals surface area contributed by atoms with Gasteiger partial charge < -0.3 is 10.6 Å². The van der Waals surface area contributed by atoms with Crippen LogP contribution in [0.3, 0.4) is 0 Å². The topological polar surface area (TPSA) is 47.9 Å². The van der Waals surface area contributed by atoms with E-state index in [2.05, 4.69) is 16.7 Å². The Morgan fingerprint density at radius 1 is 1.30 bits per heavy atom. The highest BCUT2D eigenvalue weighted by Gasteiger charge is 2.27. The lowest BCUT2D eigenvalue weighted by molar-refractivity contribution is 0.604. The van der Waals surface area contributed by atoms with E-state index in [1.54, 1.807) is 24.3 Å². The van der Waals surface area contributed by atoms with Crippen molar-refractivity contribution in [2.45, 2.75) is 13.1 Å². The van der Waals surface area contributed by atoms with Crippen LogP contribution < -0.4 is 10.6 Å². The van der Waals surface area contributed by atoms with Gasteiger partial charge in [-0.3, -0.25) is 0 Å². The molecule has 3 rings (SSSR count). The van der Waals surface area contributed by atoms with Crippen LogP contribution in [0.4, 0.5) is 15.8 Å². The van der Waals surface area contributed by atoms with E-state index in [1.807, 2.05) is 6.92 Å². The summed E-state index contributed by atoms with van der Waals surface area (Å²) in [4.78, 5) is 0. The number of halogens is 2. The summed E-state index contributed by atoms with van der Waals surface area (Å²) in [6.07, 6.45) is -0.439. The molecule has 2 aromatic carbocycles. The zero-order valence-corrected chi connectivity index (χ0v) is 11.4. The zero-order chi connectivity index (χ0) is 14.3. The molecule has 0 bridgehead atoms. The molecule has 0 radical (unpaired) electrons. The van der Waals surface area contributed by atoms with Gasteiger partial charge in [0, 0.05) is 5.56 Å². The van der Waals surface area contributed by atoms with Crippen molar-refractivity contribution >= 4 is 23.0 Å². The first-order valence-corrected chi connectivity index (χ1v) is 6.49. The van der Waals surface area contributed by atoms with Gasteiger partial charge >= 0.3 is 0 Å². The molecule has 5 heteroatoms. The first kappa shape index (κ1) is 12.8. The largest absolute Gasteiger partial charge is 0.360 e. The Bertz CT molecular complexity index is 716. The number of rotatable bonds is 1. The highest BCUT2D eigenvalue weighted by Crippen LogP contribution is 2.40. The molecule has 0 saturated heterocycles. The summed E-state index contributed by atoms with van der Waals surface area (Å²) in [5.41, 5.74) is 3.53. The molecule has 1 atom stereocenters. The fraction of sp³-hybridized carbons (Fsp3) is 0.133. The molecule has 100 valence electrons. The summed E-state index contributed by atoms with van der Waals surface area (Å²) in [7, 11) is 0. The van der Waals surface area contributed by atoms with Crippen LogP contribution in [-0.4, -0.2) is 0 Å². The van der Waals surface area contributed by atoms with Crippen LogP contribution in [0.5, 0.6) is 0 Å². The smallest absolute Gasteiger partial charge is 0.131 e. The van der Waals surface area contributed by atoms with E-state index in [0.717, 1.165) is 16.9 Å². The summed E-state index contributed by atoms with van der Waals surface area (Å²) < 4.78 is 14.0. The molecule has 0 spiro atoms. The predicted molar refractivity (Wildman–Crippen MR) is 77.3 cm³/mol. The third-order valence-electron chi connectivity index (χ3n) is 3.34. The molecule has 0 saturated carbocycles. The maximum Gasteiger partial charge on any atom is 0.131 e. The normalized spacial score (nSPS) is 16.0. The maximum atomic E-state index is 14.0. The monoisotopic (exact) mass is 287 g/mol. The Balaban J connectivity index is 2.03. The molecule has 1 heterocycles. The number of hydrogen-bond acceptors (Lipinski definition) is 3. The third-order valence-corrected chi connectivity index (χ3v) is 3.67. The van der Waals surface area contributed by atoms with Gasteiger partial charge in [0.2, 0.25) is 0 Å². The zero-order valence-electron chi connectivity index (χ0n) is 10.7. The first-order valence-electron chi connectivity index (χ1n) is 6.12. The minimum absolute atomic E-state index is 0.362. The summed E-state index contributed by atoms with van der Waals surface area (Å²) in [6, 6.07) is 10.2. The van der Waals surface area contributed by atoms with Crippen molar-refractivity contribution in [2.24, 2.45) is 0 Å². The molecule has 1 aliphatic rings. The van der Waals surface area contributed by atoms with Crippen LogP contribution >= 0.6 is 11.6 Å². The van der Waals surface area contributed by atoms with E-state index in [9.17, 15) is 4.39 Å². The Labute approximate surface area is 121 Å². The van der Waals surface area contributed by atoms with E-state index in [4.69, 9.17) is 16.9 Å². The lowest BCUT2D eigenvalue weighted by Gasteiger charge is -2.15. The number of nitrogens with zero attached hydrogens (tertiary/aromatic N) is 1. The number of benzene rings is 2. The van der Waals surface area contributed by atoms with Crippen LogP contribution in [0.25, 0.3) is 0 Å². The Morgan fingerprint density at radius 3 is 2.80 bits per heavy atom. The fourth-order valence-corrected chi connectivity index (χ4v) is 2.70. The van der Waals surface area contributed by atoms with Crippen LogP contribution in [0.1, 0.15) is 22.9 Å². The first-order chi connectivity index (χ1) is 9.60. The predicted octanol–water partition coefficient (Wildman–Crippen LogP) is 4.20. The van der Waals surface area contributed by atoms with Crippen LogP contribution in [0, 0.1) is 24.1 Å². The molecule has 0 fully saturated rings. The molecule has 0 aliphatic carbocycles. The highest BCUT2D eigenvalue weighted by atomic mass is 35.5. The Hall–Kier alpha value is -2.25. The number of aryl methyl sites for hydroxylation is 1. The van der Waals surface area contributed by atoms with Crippen molar-refractivity contribution < 1.29 is 4.39 Å². The van der Waals surface area contributed by atoms with Crippen molar-refractivity contribution in [3.8, 4) is 6.07 Å². The van der Waals surface area contributed by atoms with Crippen LogP contribution in [-0.2, 0) is 0 Å². The lowest BCUT2D eigenvalue weighted by Crippen LogP contribution is -2.14. The standard InChI is InChI=1S/C15H11ClFN3/c1-8-5-9(7-18)6-12-14(8)20-15(19-12)13-10(16)3-2-4-11(13)17/h2-6,15,19-20H,1H3. The second-order valence-electron chi connectivity index (χ2n) is 4.68. The highest BCUT2D eigenvalue weighted by molar-refractivity contribution is 6.31. The van der Waals surface area contributed by atoms with Crippen molar-refractivity contribution in [3.63, 3.8) is 0 Å². The van der Waals surface area contributed by atoms with Gasteiger partial charge in [0.1, 0.15) is 12.0 Å². The summed E-state index contributed by atoms with van der Waals surface area (Å²) in [6.45, 7) is 1.90. The molecule has 0 amide bonds. The molecular formula is C15H11ClFN3. The van der Waals surface area contributed by atoms with Gasteiger partial charge in [-0.15, -0.1) is 0 Å². The van der Waals surface area contributed by atoms with Gasteiger partial charge in [-0.05, 0) is 36.8 Å². The molecule has 0 aromatic heterocycles. The number of nitriles is 1.